The van der Waals surface area contributed by atoms with E-state index in [1.807, 2.05) is 26.8 Å². The zero-order valence-electron chi connectivity index (χ0n) is 14.8. The van der Waals surface area contributed by atoms with Gasteiger partial charge in [-0.3, -0.25) is 9.79 Å². The van der Waals surface area contributed by atoms with E-state index in [-0.39, 0.29) is 5.91 Å². The highest BCUT2D eigenvalue weighted by Gasteiger charge is 2.33. The van der Waals surface area contributed by atoms with Crippen molar-refractivity contribution in [3.63, 3.8) is 0 Å². The van der Waals surface area contributed by atoms with E-state index in [2.05, 4.69) is 4.99 Å². The van der Waals surface area contributed by atoms with Crippen molar-refractivity contribution < 1.29 is 18.0 Å². The molecule has 1 aliphatic rings. The molecule has 0 atom stereocenters. The standard InChI is InChI=1S/C20H19F3N2O/c1-4-24-17-10-12(2)16(9-13(17)3)19(26)25-8-7-14-11-15(20(21,22)23)5-6-18(14)25/h4-6,9-11H,7-8H2,1-3H3. The van der Waals surface area contributed by atoms with Gasteiger partial charge < -0.3 is 4.90 Å². The molecular formula is C20H19F3N2O. The van der Waals surface area contributed by atoms with Gasteiger partial charge in [0.1, 0.15) is 0 Å². The molecule has 1 aliphatic heterocycles. The van der Waals surface area contributed by atoms with Crippen molar-refractivity contribution in [2.45, 2.75) is 33.4 Å². The van der Waals surface area contributed by atoms with Crippen molar-refractivity contribution in [2.24, 2.45) is 4.99 Å². The molecule has 0 bridgehead atoms. The molecule has 0 saturated heterocycles. The molecule has 6 heteroatoms. The zero-order valence-corrected chi connectivity index (χ0v) is 14.8. The summed E-state index contributed by atoms with van der Waals surface area (Å²) in [5, 5.41) is 0. The fourth-order valence-electron chi connectivity index (χ4n) is 3.24. The van der Waals surface area contributed by atoms with E-state index in [1.54, 1.807) is 17.2 Å². The lowest BCUT2D eigenvalue weighted by Gasteiger charge is -2.20. The Morgan fingerprint density at radius 1 is 1.15 bits per heavy atom. The number of alkyl halides is 3. The van der Waals surface area contributed by atoms with Crippen LogP contribution >= 0.6 is 0 Å². The van der Waals surface area contributed by atoms with Gasteiger partial charge in [0, 0.05) is 24.0 Å². The summed E-state index contributed by atoms with van der Waals surface area (Å²) in [6.07, 6.45) is -2.27. The molecule has 2 aromatic rings. The summed E-state index contributed by atoms with van der Waals surface area (Å²) in [4.78, 5) is 18.8. The van der Waals surface area contributed by atoms with E-state index in [0.29, 0.717) is 29.8 Å². The number of carbonyl (C=O) groups is 1. The lowest BCUT2D eigenvalue weighted by molar-refractivity contribution is -0.137. The average Bonchev–Trinajstić information content (AvgIpc) is 3.00. The Kier molecular flexibility index (Phi) is 4.61. The number of hydrogen-bond donors (Lipinski definition) is 0. The van der Waals surface area contributed by atoms with Gasteiger partial charge in [0.15, 0.2) is 0 Å². The maximum atomic E-state index is 13.0. The molecule has 2 aromatic carbocycles. The SMILES string of the molecule is CC=Nc1cc(C)c(C(=O)N2CCc3cc(C(F)(F)F)ccc32)cc1C. The van der Waals surface area contributed by atoms with Gasteiger partial charge in [-0.1, -0.05) is 0 Å². The first-order valence-corrected chi connectivity index (χ1v) is 8.34. The average molecular weight is 360 g/mol. The summed E-state index contributed by atoms with van der Waals surface area (Å²) < 4.78 is 38.6. The Bertz CT molecular complexity index is 901. The zero-order chi connectivity index (χ0) is 19.1. The lowest BCUT2D eigenvalue weighted by atomic mass is 10.0. The van der Waals surface area contributed by atoms with Crippen LogP contribution in [0.5, 0.6) is 0 Å². The Labute approximate surface area is 150 Å². The van der Waals surface area contributed by atoms with Crippen LogP contribution in [0, 0.1) is 13.8 Å². The van der Waals surface area contributed by atoms with Crippen molar-refractivity contribution in [2.75, 3.05) is 11.4 Å². The minimum absolute atomic E-state index is 0.198. The Balaban J connectivity index is 1.96. The minimum atomic E-state index is -4.38. The van der Waals surface area contributed by atoms with Crippen LogP contribution in [0.2, 0.25) is 0 Å². The molecule has 0 N–H and O–H groups in total. The van der Waals surface area contributed by atoms with Gasteiger partial charge in [0.25, 0.3) is 5.91 Å². The quantitative estimate of drug-likeness (QED) is 0.674. The third kappa shape index (κ3) is 3.23. The second kappa shape index (κ2) is 6.59. The summed E-state index contributed by atoms with van der Waals surface area (Å²) >= 11 is 0. The largest absolute Gasteiger partial charge is 0.416 e. The van der Waals surface area contributed by atoms with Crippen LogP contribution in [0.15, 0.2) is 35.3 Å². The summed E-state index contributed by atoms with van der Waals surface area (Å²) in [5.41, 5.74) is 3.44. The molecule has 3 nitrogen and oxygen atoms in total. The maximum absolute atomic E-state index is 13.0. The molecular weight excluding hydrogens is 341 g/mol. The van der Waals surface area contributed by atoms with E-state index in [1.165, 1.54) is 6.07 Å². The maximum Gasteiger partial charge on any atom is 0.416 e. The van der Waals surface area contributed by atoms with E-state index < -0.39 is 11.7 Å². The molecule has 0 spiro atoms. The predicted molar refractivity (Wildman–Crippen MR) is 96.6 cm³/mol. The lowest BCUT2D eigenvalue weighted by Crippen LogP contribution is -2.29. The van der Waals surface area contributed by atoms with Gasteiger partial charge in [0.2, 0.25) is 0 Å². The molecule has 1 amide bonds. The van der Waals surface area contributed by atoms with Crippen LogP contribution < -0.4 is 4.90 Å². The Morgan fingerprint density at radius 3 is 2.54 bits per heavy atom. The third-order valence-corrected chi connectivity index (χ3v) is 4.59. The number of aliphatic imine (C=N–C) groups is 1. The number of anilines is 1. The number of benzene rings is 2. The molecule has 3 rings (SSSR count). The number of amides is 1. The normalized spacial score (nSPS) is 14.2. The number of hydrogen-bond acceptors (Lipinski definition) is 2. The summed E-state index contributed by atoms with van der Waals surface area (Å²) in [6.45, 7) is 5.92. The van der Waals surface area contributed by atoms with Gasteiger partial charge in [-0.05, 0) is 74.2 Å². The van der Waals surface area contributed by atoms with E-state index in [9.17, 15) is 18.0 Å². The van der Waals surface area contributed by atoms with Crippen molar-refractivity contribution in [3.8, 4) is 0 Å². The van der Waals surface area contributed by atoms with Gasteiger partial charge in [-0.2, -0.15) is 13.2 Å². The van der Waals surface area contributed by atoms with Gasteiger partial charge in [-0.15, -0.1) is 0 Å². The van der Waals surface area contributed by atoms with E-state index in [4.69, 9.17) is 0 Å². The summed E-state index contributed by atoms with van der Waals surface area (Å²) in [6, 6.07) is 7.21. The molecule has 0 radical (unpaired) electrons. The highest BCUT2D eigenvalue weighted by Crippen LogP contribution is 2.36. The summed E-state index contributed by atoms with van der Waals surface area (Å²) in [7, 11) is 0. The number of rotatable bonds is 2. The number of fused-ring (bicyclic) bond motifs is 1. The topological polar surface area (TPSA) is 32.7 Å². The van der Waals surface area contributed by atoms with E-state index >= 15 is 0 Å². The number of aryl methyl sites for hydroxylation is 2. The Morgan fingerprint density at radius 2 is 1.88 bits per heavy atom. The number of nitrogens with zero attached hydrogens (tertiary/aromatic N) is 2. The van der Waals surface area contributed by atoms with Crippen molar-refractivity contribution in [1.82, 2.24) is 0 Å². The first kappa shape index (κ1) is 18.2. The monoisotopic (exact) mass is 360 g/mol. The minimum Gasteiger partial charge on any atom is -0.308 e. The fourth-order valence-corrected chi connectivity index (χ4v) is 3.24. The van der Waals surface area contributed by atoms with Crippen LogP contribution in [-0.2, 0) is 12.6 Å². The van der Waals surface area contributed by atoms with E-state index in [0.717, 1.165) is 28.9 Å². The van der Waals surface area contributed by atoms with Crippen LogP contribution in [0.25, 0.3) is 0 Å². The van der Waals surface area contributed by atoms with Crippen LogP contribution in [-0.4, -0.2) is 18.7 Å². The molecule has 0 unspecified atom stereocenters. The van der Waals surface area contributed by atoms with Crippen LogP contribution in [0.4, 0.5) is 24.5 Å². The number of carbonyl (C=O) groups excluding carboxylic acids is 1. The van der Waals surface area contributed by atoms with Crippen molar-refractivity contribution >= 4 is 23.5 Å². The van der Waals surface area contributed by atoms with Crippen molar-refractivity contribution in [3.05, 3.63) is 58.1 Å². The third-order valence-electron chi connectivity index (χ3n) is 4.59. The molecule has 136 valence electrons. The first-order chi connectivity index (χ1) is 12.2. The molecule has 0 saturated carbocycles. The van der Waals surface area contributed by atoms with Gasteiger partial charge in [0.05, 0.1) is 11.3 Å². The molecule has 0 aliphatic carbocycles. The van der Waals surface area contributed by atoms with Gasteiger partial charge >= 0.3 is 6.18 Å². The molecule has 1 heterocycles. The highest BCUT2D eigenvalue weighted by molar-refractivity contribution is 6.08. The molecule has 0 fully saturated rings. The number of halogens is 3. The fraction of sp³-hybridized carbons (Fsp3) is 0.300. The Hall–Kier alpha value is -2.63. The van der Waals surface area contributed by atoms with Crippen LogP contribution in [0.1, 0.15) is 39.5 Å². The highest BCUT2D eigenvalue weighted by atomic mass is 19.4. The first-order valence-electron chi connectivity index (χ1n) is 8.34. The van der Waals surface area contributed by atoms with Gasteiger partial charge in [-0.25, -0.2) is 0 Å². The van der Waals surface area contributed by atoms with Crippen molar-refractivity contribution in [1.29, 1.82) is 0 Å². The van der Waals surface area contributed by atoms with Crippen LogP contribution in [0.3, 0.4) is 0 Å². The second-order valence-corrected chi connectivity index (χ2v) is 6.39. The molecule has 26 heavy (non-hydrogen) atoms. The predicted octanol–water partition coefficient (Wildman–Crippen LogP) is 5.25. The molecule has 0 aromatic heterocycles. The second-order valence-electron chi connectivity index (χ2n) is 6.39. The summed E-state index contributed by atoms with van der Waals surface area (Å²) in [5.74, 6) is -0.198. The smallest absolute Gasteiger partial charge is 0.308 e.